The highest BCUT2D eigenvalue weighted by Gasteiger charge is 2.29. The predicted molar refractivity (Wildman–Crippen MR) is 105 cm³/mol. The van der Waals surface area contributed by atoms with Crippen LogP contribution in [0.4, 0.5) is 0 Å². The van der Waals surface area contributed by atoms with Crippen molar-refractivity contribution in [1.82, 2.24) is 5.32 Å². The van der Waals surface area contributed by atoms with Gasteiger partial charge >= 0.3 is 0 Å². The van der Waals surface area contributed by atoms with Gasteiger partial charge in [0.1, 0.15) is 0 Å². The van der Waals surface area contributed by atoms with E-state index >= 15 is 0 Å². The molecule has 0 bridgehead atoms. The molecule has 3 aromatic rings. The fraction of sp³-hybridized carbons (Fsp3) is 0.208. The maximum absolute atomic E-state index is 12.4. The maximum atomic E-state index is 12.4. The molecule has 1 amide bonds. The van der Waals surface area contributed by atoms with Crippen LogP contribution in [-0.4, -0.2) is 12.5 Å². The van der Waals surface area contributed by atoms with E-state index in [4.69, 9.17) is 0 Å². The van der Waals surface area contributed by atoms with E-state index < -0.39 is 0 Å². The Bertz CT molecular complexity index is 871. The molecular weight excluding hydrogens is 318 g/mol. The molecule has 1 aliphatic carbocycles. The summed E-state index contributed by atoms with van der Waals surface area (Å²) in [4.78, 5) is 12.4. The first kappa shape index (κ1) is 16.6. The Morgan fingerprint density at radius 3 is 2.04 bits per heavy atom. The molecule has 0 saturated carbocycles. The number of amides is 1. The number of fused-ring (bicyclic) bond motifs is 2. The second kappa shape index (κ2) is 7.17. The quantitative estimate of drug-likeness (QED) is 0.726. The molecule has 0 aliphatic heterocycles. The number of hydrogen-bond acceptors (Lipinski definition) is 1. The second-order valence-electron chi connectivity index (χ2n) is 7.11. The summed E-state index contributed by atoms with van der Waals surface area (Å²) in [6.45, 7) is 2.88. The predicted octanol–water partition coefficient (Wildman–Crippen LogP) is 4.79. The van der Waals surface area contributed by atoms with Crippen LogP contribution in [0.25, 0.3) is 0 Å². The van der Waals surface area contributed by atoms with Gasteiger partial charge in [0, 0.05) is 18.0 Å². The molecule has 3 aromatic carbocycles. The van der Waals surface area contributed by atoms with Gasteiger partial charge in [-0.2, -0.15) is 0 Å². The minimum Gasteiger partial charge on any atom is -0.352 e. The molecule has 1 atom stereocenters. The number of carbonyl (C=O) groups excluding carboxylic acids is 1. The van der Waals surface area contributed by atoms with E-state index in [2.05, 4.69) is 60.8 Å². The molecule has 0 heterocycles. The molecule has 130 valence electrons. The Kier molecular flexibility index (Phi) is 4.57. The molecule has 0 saturated heterocycles. The number of benzene rings is 3. The van der Waals surface area contributed by atoms with E-state index in [-0.39, 0.29) is 5.91 Å². The largest absolute Gasteiger partial charge is 0.352 e. The van der Waals surface area contributed by atoms with Crippen LogP contribution in [0.1, 0.15) is 45.5 Å². The summed E-state index contributed by atoms with van der Waals surface area (Å²) in [6.07, 6.45) is 0.992. The van der Waals surface area contributed by atoms with Crippen molar-refractivity contribution in [3.63, 3.8) is 0 Å². The molecule has 2 nitrogen and oxygen atoms in total. The Labute approximate surface area is 154 Å². The lowest BCUT2D eigenvalue weighted by molar-refractivity contribution is 0.0947. The van der Waals surface area contributed by atoms with Crippen molar-refractivity contribution >= 4 is 5.91 Å². The van der Waals surface area contributed by atoms with E-state index in [1.807, 2.05) is 30.3 Å². The normalized spacial score (nSPS) is 14.2. The van der Waals surface area contributed by atoms with Gasteiger partial charge in [-0.15, -0.1) is 0 Å². The summed E-state index contributed by atoms with van der Waals surface area (Å²) in [5.74, 6) is 0.618. The molecule has 4 rings (SSSR count). The van der Waals surface area contributed by atoms with E-state index in [1.54, 1.807) is 0 Å². The topological polar surface area (TPSA) is 29.1 Å². The third-order valence-electron chi connectivity index (χ3n) is 5.35. The number of hydrogen-bond donors (Lipinski definition) is 1. The molecule has 1 unspecified atom stereocenters. The van der Waals surface area contributed by atoms with Crippen LogP contribution in [-0.2, 0) is 6.42 Å². The molecule has 1 aliphatic rings. The van der Waals surface area contributed by atoms with Crippen LogP contribution in [0, 0.1) is 5.92 Å². The summed E-state index contributed by atoms with van der Waals surface area (Å²) >= 11 is 0. The van der Waals surface area contributed by atoms with Crippen LogP contribution in [0.3, 0.4) is 0 Å². The summed E-state index contributed by atoms with van der Waals surface area (Å²) in [6, 6.07) is 26.8. The molecule has 0 fully saturated rings. The highest BCUT2D eigenvalue weighted by molar-refractivity contribution is 5.94. The van der Waals surface area contributed by atoms with Crippen molar-refractivity contribution in [1.29, 1.82) is 0 Å². The van der Waals surface area contributed by atoms with Gasteiger partial charge < -0.3 is 5.32 Å². The zero-order chi connectivity index (χ0) is 17.9. The molecular formula is C24H23NO. The fourth-order valence-electron chi connectivity index (χ4n) is 4.05. The minimum atomic E-state index is -0.00479. The first-order valence-electron chi connectivity index (χ1n) is 9.23. The lowest BCUT2D eigenvalue weighted by Crippen LogP contribution is -2.32. The molecule has 2 heteroatoms. The summed E-state index contributed by atoms with van der Waals surface area (Å²) in [7, 11) is 0. The number of carbonyl (C=O) groups is 1. The van der Waals surface area contributed by atoms with Gasteiger partial charge in [0.25, 0.3) is 5.91 Å². The van der Waals surface area contributed by atoms with E-state index in [1.165, 1.54) is 22.3 Å². The van der Waals surface area contributed by atoms with Crippen LogP contribution in [0.2, 0.25) is 0 Å². The number of nitrogens with one attached hydrogen (secondary N) is 1. The van der Waals surface area contributed by atoms with Crippen molar-refractivity contribution < 1.29 is 4.79 Å². The van der Waals surface area contributed by atoms with Gasteiger partial charge in [-0.1, -0.05) is 73.7 Å². The van der Waals surface area contributed by atoms with E-state index in [0.29, 0.717) is 23.9 Å². The van der Waals surface area contributed by atoms with Gasteiger partial charge in [0.05, 0.1) is 0 Å². The Balaban J connectivity index is 1.58. The zero-order valence-corrected chi connectivity index (χ0v) is 15.0. The lowest BCUT2D eigenvalue weighted by Gasteiger charge is -2.33. The van der Waals surface area contributed by atoms with Gasteiger partial charge in [-0.25, -0.2) is 0 Å². The molecule has 26 heavy (non-hydrogen) atoms. The van der Waals surface area contributed by atoms with Crippen molar-refractivity contribution in [2.24, 2.45) is 5.92 Å². The monoisotopic (exact) mass is 341 g/mol. The highest BCUT2D eigenvalue weighted by atomic mass is 16.1. The second-order valence-corrected chi connectivity index (χ2v) is 7.11. The van der Waals surface area contributed by atoms with Gasteiger partial charge in [0.15, 0.2) is 0 Å². The maximum Gasteiger partial charge on any atom is 0.251 e. The smallest absolute Gasteiger partial charge is 0.251 e. The third kappa shape index (κ3) is 3.15. The van der Waals surface area contributed by atoms with Crippen LogP contribution in [0.15, 0.2) is 78.9 Å². The highest BCUT2D eigenvalue weighted by Crippen LogP contribution is 2.40. The van der Waals surface area contributed by atoms with Crippen LogP contribution >= 0.6 is 0 Å². The van der Waals surface area contributed by atoms with Crippen LogP contribution in [0.5, 0.6) is 0 Å². The third-order valence-corrected chi connectivity index (χ3v) is 5.35. The number of rotatable bonds is 4. The first-order chi connectivity index (χ1) is 12.7. The van der Waals surface area contributed by atoms with Crippen molar-refractivity contribution in [2.75, 3.05) is 6.54 Å². The van der Waals surface area contributed by atoms with Gasteiger partial charge in [-0.3, -0.25) is 4.79 Å². The SMILES string of the molecule is CC(CNC(=O)c1ccccc1)C1c2ccccc2Cc2ccccc21. The fourth-order valence-corrected chi connectivity index (χ4v) is 4.05. The molecule has 0 spiro atoms. The molecule has 1 N–H and O–H groups in total. The van der Waals surface area contributed by atoms with E-state index in [9.17, 15) is 4.79 Å². The Morgan fingerprint density at radius 1 is 0.885 bits per heavy atom. The standard InChI is InChI=1S/C24H23NO/c1-17(16-25-24(26)18-9-3-2-4-10-18)23-21-13-7-5-11-19(21)15-20-12-6-8-14-22(20)23/h2-14,17,23H,15-16H2,1H3,(H,25,26). The lowest BCUT2D eigenvalue weighted by atomic mass is 9.72. The zero-order valence-electron chi connectivity index (χ0n) is 15.0. The Hall–Kier alpha value is -2.87. The van der Waals surface area contributed by atoms with Gasteiger partial charge in [0.2, 0.25) is 0 Å². The summed E-state index contributed by atoms with van der Waals surface area (Å²) < 4.78 is 0. The first-order valence-corrected chi connectivity index (χ1v) is 9.23. The average molecular weight is 341 g/mol. The summed E-state index contributed by atoms with van der Waals surface area (Å²) in [5.41, 5.74) is 6.30. The minimum absolute atomic E-state index is 0.00479. The van der Waals surface area contributed by atoms with Crippen molar-refractivity contribution in [2.45, 2.75) is 19.3 Å². The molecule has 0 aromatic heterocycles. The average Bonchev–Trinajstić information content (AvgIpc) is 2.70. The summed E-state index contributed by atoms with van der Waals surface area (Å²) in [5, 5.41) is 3.12. The van der Waals surface area contributed by atoms with Crippen molar-refractivity contribution in [3.8, 4) is 0 Å². The van der Waals surface area contributed by atoms with Gasteiger partial charge in [-0.05, 0) is 46.7 Å². The Morgan fingerprint density at radius 2 is 1.42 bits per heavy atom. The van der Waals surface area contributed by atoms with E-state index in [0.717, 1.165) is 6.42 Å². The van der Waals surface area contributed by atoms with Crippen molar-refractivity contribution in [3.05, 3.63) is 107 Å². The van der Waals surface area contributed by atoms with Crippen LogP contribution < -0.4 is 5.32 Å². The molecule has 0 radical (unpaired) electrons.